The van der Waals surface area contributed by atoms with Gasteiger partial charge >= 0.3 is 0 Å². The first kappa shape index (κ1) is 11.4. The van der Waals surface area contributed by atoms with Gasteiger partial charge in [0.1, 0.15) is 5.78 Å². The van der Waals surface area contributed by atoms with Crippen LogP contribution < -0.4 is 0 Å². The highest BCUT2D eigenvalue weighted by Crippen LogP contribution is 2.12. The highest BCUT2D eigenvalue weighted by Gasteiger charge is 2.07. The third-order valence-electron chi connectivity index (χ3n) is 2.12. The van der Waals surface area contributed by atoms with E-state index in [-0.39, 0.29) is 5.92 Å². The minimum atomic E-state index is 0.174. The summed E-state index contributed by atoms with van der Waals surface area (Å²) in [5.41, 5.74) is 1.08. The Balaban J connectivity index is 2.25. The third-order valence-corrected chi connectivity index (χ3v) is 3.15. The lowest BCUT2D eigenvalue weighted by atomic mass is 10.0. The second-order valence-corrected chi connectivity index (χ2v) is 4.80. The summed E-state index contributed by atoms with van der Waals surface area (Å²) in [6.45, 7) is 5.91. The van der Waals surface area contributed by atoms with E-state index in [1.54, 1.807) is 11.3 Å². The molecule has 0 aliphatic carbocycles. The number of carbonyl (C=O) groups excluding carboxylic acids is 1. The van der Waals surface area contributed by atoms with Gasteiger partial charge in [-0.1, -0.05) is 13.8 Å². The first-order valence-corrected chi connectivity index (χ1v) is 5.91. The van der Waals surface area contributed by atoms with Gasteiger partial charge in [-0.05, 0) is 19.8 Å². The maximum Gasteiger partial charge on any atom is 0.135 e. The smallest absolute Gasteiger partial charge is 0.135 e. The first-order valence-electron chi connectivity index (χ1n) is 5.03. The van der Waals surface area contributed by atoms with Gasteiger partial charge in [0.15, 0.2) is 0 Å². The largest absolute Gasteiger partial charge is 0.299 e. The predicted octanol–water partition coefficient (Wildman–Crippen LogP) is 3.00. The van der Waals surface area contributed by atoms with Crippen molar-refractivity contribution in [2.24, 2.45) is 5.92 Å². The van der Waals surface area contributed by atoms with E-state index >= 15 is 0 Å². The topological polar surface area (TPSA) is 30.0 Å². The quantitative estimate of drug-likeness (QED) is 0.749. The Morgan fingerprint density at radius 3 is 2.79 bits per heavy atom. The maximum atomic E-state index is 11.3. The molecule has 0 fully saturated rings. The van der Waals surface area contributed by atoms with Crippen molar-refractivity contribution in [2.45, 2.75) is 40.0 Å². The third kappa shape index (κ3) is 3.58. The molecule has 14 heavy (non-hydrogen) atoms. The average molecular weight is 211 g/mol. The minimum Gasteiger partial charge on any atom is -0.299 e. The molecule has 1 aromatic heterocycles. The standard InChI is InChI=1S/C11H17NOS/c1-8(2)10(13)5-4-6-11-12-9(3)7-14-11/h7-8H,4-6H2,1-3H3. The summed E-state index contributed by atoms with van der Waals surface area (Å²) >= 11 is 1.69. The molecular formula is C11H17NOS. The molecule has 1 rings (SSSR count). The Hall–Kier alpha value is -0.700. The van der Waals surface area contributed by atoms with Crippen molar-refractivity contribution >= 4 is 17.1 Å². The van der Waals surface area contributed by atoms with E-state index in [4.69, 9.17) is 0 Å². The second-order valence-electron chi connectivity index (χ2n) is 3.86. The average Bonchev–Trinajstić information content (AvgIpc) is 2.51. The van der Waals surface area contributed by atoms with Crippen LogP contribution in [0.5, 0.6) is 0 Å². The molecule has 0 bridgehead atoms. The molecule has 0 aromatic carbocycles. The first-order chi connectivity index (χ1) is 6.59. The molecule has 0 atom stereocenters. The van der Waals surface area contributed by atoms with Gasteiger partial charge in [0.25, 0.3) is 0 Å². The van der Waals surface area contributed by atoms with E-state index in [9.17, 15) is 4.79 Å². The minimum absolute atomic E-state index is 0.174. The van der Waals surface area contributed by atoms with Crippen LogP contribution in [-0.4, -0.2) is 10.8 Å². The number of carbonyl (C=O) groups is 1. The Labute approximate surface area is 89.4 Å². The molecule has 1 heterocycles. The lowest BCUT2D eigenvalue weighted by Gasteiger charge is -2.01. The van der Waals surface area contributed by atoms with Crippen LogP contribution >= 0.6 is 11.3 Å². The molecule has 78 valence electrons. The Kier molecular flexibility index (Phi) is 4.26. The van der Waals surface area contributed by atoms with Gasteiger partial charge in [-0.25, -0.2) is 4.98 Å². The maximum absolute atomic E-state index is 11.3. The molecule has 0 spiro atoms. The summed E-state index contributed by atoms with van der Waals surface area (Å²) in [4.78, 5) is 15.7. The zero-order chi connectivity index (χ0) is 10.6. The Morgan fingerprint density at radius 1 is 1.57 bits per heavy atom. The number of aryl methyl sites for hydroxylation is 2. The molecule has 3 heteroatoms. The number of Topliss-reactive ketones (excluding diaryl/α,β-unsaturated/α-hetero) is 1. The van der Waals surface area contributed by atoms with Crippen molar-refractivity contribution in [3.05, 3.63) is 16.1 Å². The molecule has 0 aliphatic heterocycles. The highest BCUT2D eigenvalue weighted by molar-refractivity contribution is 7.09. The fourth-order valence-electron chi connectivity index (χ4n) is 1.22. The van der Waals surface area contributed by atoms with Gasteiger partial charge in [0.2, 0.25) is 0 Å². The van der Waals surface area contributed by atoms with Crippen LogP contribution in [0.4, 0.5) is 0 Å². The summed E-state index contributed by atoms with van der Waals surface area (Å²) in [6.07, 6.45) is 2.57. The van der Waals surface area contributed by atoms with Crippen molar-refractivity contribution in [1.82, 2.24) is 4.98 Å². The van der Waals surface area contributed by atoms with E-state index in [0.717, 1.165) is 23.5 Å². The summed E-state index contributed by atoms with van der Waals surface area (Å²) in [6, 6.07) is 0. The number of thiazole rings is 1. The Morgan fingerprint density at radius 2 is 2.29 bits per heavy atom. The molecule has 0 saturated carbocycles. The lowest BCUT2D eigenvalue weighted by Crippen LogP contribution is -2.06. The summed E-state index contributed by atoms with van der Waals surface area (Å²) in [5.74, 6) is 0.534. The van der Waals surface area contributed by atoms with Crippen LogP contribution in [-0.2, 0) is 11.2 Å². The zero-order valence-corrected chi connectivity index (χ0v) is 9.86. The molecule has 0 aliphatic rings. The highest BCUT2D eigenvalue weighted by atomic mass is 32.1. The molecule has 0 N–H and O–H groups in total. The van der Waals surface area contributed by atoms with Crippen LogP contribution in [0.3, 0.4) is 0 Å². The van der Waals surface area contributed by atoms with Gasteiger partial charge in [-0.2, -0.15) is 0 Å². The van der Waals surface area contributed by atoms with Gasteiger partial charge in [0, 0.05) is 23.4 Å². The number of rotatable bonds is 5. The molecule has 0 amide bonds. The van der Waals surface area contributed by atoms with Crippen molar-refractivity contribution in [3.8, 4) is 0 Å². The number of aromatic nitrogens is 1. The van der Waals surface area contributed by atoms with Gasteiger partial charge in [-0.15, -0.1) is 11.3 Å². The molecule has 2 nitrogen and oxygen atoms in total. The fraction of sp³-hybridized carbons (Fsp3) is 0.636. The van der Waals surface area contributed by atoms with E-state index in [2.05, 4.69) is 10.4 Å². The number of hydrogen-bond acceptors (Lipinski definition) is 3. The van der Waals surface area contributed by atoms with Crippen molar-refractivity contribution in [1.29, 1.82) is 0 Å². The summed E-state index contributed by atoms with van der Waals surface area (Å²) in [7, 11) is 0. The number of nitrogens with zero attached hydrogens (tertiary/aromatic N) is 1. The van der Waals surface area contributed by atoms with Crippen LogP contribution in [0.15, 0.2) is 5.38 Å². The summed E-state index contributed by atoms with van der Waals surface area (Å²) < 4.78 is 0. The van der Waals surface area contributed by atoms with E-state index in [1.165, 1.54) is 0 Å². The van der Waals surface area contributed by atoms with Crippen LogP contribution in [0.1, 0.15) is 37.4 Å². The summed E-state index contributed by atoms with van der Waals surface area (Å²) in [5, 5.41) is 3.21. The normalized spacial score (nSPS) is 10.9. The molecule has 0 unspecified atom stereocenters. The van der Waals surface area contributed by atoms with Crippen LogP contribution in [0.25, 0.3) is 0 Å². The lowest BCUT2D eigenvalue weighted by molar-refractivity contribution is -0.121. The fourth-order valence-corrected chi connectivity index (χ4v) is 2.04. The molecule has 0 saturated heterocycles. The van der Waals surface area contributed by atoms with E-state index < -0.39 is 0 Å². The van der Waals surface area contributed by atoms with E-state index in [1.807, 2.05) is 20.8 Å². The van der Waals surface area contributed by atoms with Gasteiger partial charge in [-0.3, -0.25) is 4.79 Å². The zero-order valence-electron chi connectivity index (χ0n) is 9.04. The van der Waals surface area contributed by atoms with Crippen molar-refractivity contribution < 1.29 is 4.79 Å². The van der Waals surface area contributed by atoms with Crippen LogP contribution in [0, 0.1) is 12.8 Å². The SMILES string of the molecule is Cc1csc(CCCC(=O)C(C)C)n1. The molecular weight excluding hydrogens is 194 g/mol. The van der Waals surface area contributed by atoms with Crippen LogP contribution in [0.2, 0.25) is 0 Å². The van der Waals surface area contributed by atoms with Gasteiger partial charge < -0.3 is 0 Å². The number of ketones is 1. The monoisotopic (exact) mass is 211 g/mol. The molecule has 0 radical (unpaired) electrons. The van der Waals surface area contributed by atoms with Crippen molar-refractivity contribution in [3.63, 3.8) is 0 Å². The van der Waals surface area contributed by atoms with E-state index in [0.29, 0.717) is 12.2 Å². The molecule has 1 aromatic rings. The number of hydrogen-bond donors (Lipinski definition) is 0. The second kappa shape index (κ2) is 5.25. The van der Waals surface area contributed by atoms with Gasteiger partial charge in [0.05, 0.1) is 5.01 Å². The predicted molar refractivity (Wildman–Crippen MR) is 59.6 cm³/mol. The Bertz CT molecular complexity index is 304. The van der Waals surface area contributed by atoms with Crippen molar-refractivity contribution in [2.75, 3.05) is 0 Å².